The summed E-state index contributed by atoms with van der Waals surface area (Å²) in [6, 6.07) is 10.1. The number of piperidine rings is 1. The number of aromatic nitrogens is 3. The van der Waals surface area contributed by atoms with Crippen molar-refractivity contribution < 1.29 is 9.13 Å². The van der Waals surface area contributed by atoms with Crippen LogP contribution in [0.3, 0.4) is 0 Å². The number of alkyl halides is 1. The third kappa shape index (κ3) is 7.03. The second kappa shape index (κ2) is 12.7. The predicted octanol–water partition coefficient (Wildman–Crippen LogP) is 5.10. The van der Waals surface area contributed by atoms with Crippen LogP contribution in [0.2, 0.25) is 0 Å². The molecule has 0 bridgehead atoms. The van der Waals surface area contributed by atoms with Gasteiger partial charge in [-0.1, -0.05) is 55.5 Å². The molecule has 2 N–H and O–H groups in total. The van der Waals surface area contributed by atoms with Crippen LogP contribution in [0.25, 0.3) is 11.0 Å². The van der Waals surface area contributed by atoms with Crippen LogP contribution in [-0.4, -0.2) is 45.2 Å². The lowest BCUT2D eigenvalue weighted by molar-refractivity contribution is 0.0668. The Morgan fingerprint density at radius 2 is 1.94 bits per heavy atom. The molecule has 0 amide bonds. The molecule has 0 spiro atoms. The fraction of sp³-hybridized carbons (Fsp3) is 0.500. The summed E-state index contributed by atoms with van der Waals surface area (Å²) in [4.78, 5) is 11.7. The summed E-state index contributed by atoms with van der Waals surface area (Å²) < 4.78 is 21.3. The molecule has 35 heavy (non-hydrogen) atoms. The van der Waals surface area contributed by atoms with Gasteiger partial charge in [0.1, 0.15) is 29.8 Å². The van der Waals surface area contributed by atoms with Crippen molar-refractivity contribution in [3.63, 3.8) is 0 Å². The minimum atomic E-state index is -0.628. The van der Waals surface area contributed by atoms with Crippen molar-refractivity contribution in [2.45, 2.75) is 71.4 Å². The van der Waals surface area contributed by atoms with Crippen LogP contribution < -0.4 is 5.73 Å². The number of nitrogens with two attached hydrogens (primary N) is 1. The molecule has 2 aromatic heterocycles. The van der Waals surface area contributed by atoms with Crippen molar-refractivity contribution in [3.8, 4) is 11.8 Å². The minimum absolute atomic E-state index is 0.347. The molecule has 1 aromatic carbocycles. The fourth-order valence-corrected chi connectivity index (χ4v) is 4.42. The molecule has 186 valence electrons. The van der Waals surface area contributed by atoms with Gasteiger partial charge >= 0.3 is 0 Å². The smallest absolute Gasteiger partial charge is 0.151 e. The Kier molecular flexibility index (Phi) is 9.10. The van der Waals surface area contributed by atoms with Crippen molar-refractivity contribution in [2.24, 2.45) is 0 Å². The quantitative estimate of drug-likeness (QED) is 0.325. The number of benzene rings is 1. The highest BCUT2D eigenvalue weighted by Gasteiger charge is 2.17. The number of likely N-dealkylation sites (tertiary alicyclic amines) is 1. The summed E-state index contributed by atoms with van der Waals surface area (Å²) in [6.45, 7) is 5.67. The number of hydrogen-bond donors (Lipinski definition) is 1. The minimum Gasteiger partial charge on any atom is -0.382 e. The Morgan fingerprint density at radius 3 is 2.71 bits per heavy atom. The van der Waals surface area contributed by atoms with E-state index in [-0.39, 0.29) is 0 Å². The summed E-state index contributed by atoms with van der Waals surface area (Å²) >= 11 is 0. The average molecular weight is 478 g/mol. The lowest BCUT2D eigenvalue weighted by Crippen LogP contribution is -2.34. The first-order valence-corrected chi connectivity index (χ1v) is 12.8. The fourth-order valence-electron chi connectivity index (χ4n) is 4.42. The van der Waals surface area contributed by atoms with Gasteiger partial charge in [-0.05, 0) is 37.8 Å². The molecule has 7 heteroatoms. The van der Waals surface area contributed by atoms with Gasteiger partial charge in [0.15, 0.2) is 5.82 Å². The highest BCUT2D eigenvalue weighted by atomic mass is 19.1. The lowest BCUT2D eigenvalue weighted by Gasteiger charge is -2.28. The summed E-state index contributed by atoms with van der Waals surface area (Å²) in [5, 5.41) is 0. The standard InChI is InChI=1S/C28H36FN5O/c1-2-3-13-25-31-26-23(12-8-5-9-16-33-17-14-24(29)15-18-33)19-34(27(26)28(30)32-25)21-35-20-22-10-6-4-7-11-22/h4,6-7,10-11,19,24H,2-3,5,9,13-18,20-21H2,1H3,(H2,30,31,32). The molecule has 1 saturated heterocycles. The molecule has 1 aliphatic rings. The zero-order valence-electron chi connectivity index (χ0n) is 20.7. The molecule has 3 aromatic rings. The van der Waals surface area contributed by atoms with Gasteiger partial charge < -0.3 is 19.9 Å². The van der Waals surface area contributed by atoms with Crippen LogP contribution in [0.4, 0.5) is 10.2 Å². The van der Waals surface area contributed by atoms with E-state index in [1.54, 1.807) is 0 Å². The van der Waals surface area contributed by atoms with Crippen molar-refractivity contribution >= 4 is 16.9 Å². The van der Waals surface area contributed by atoms with Crippen LogP contribution in [0.1, 0.15) is 62.4 Å². The monoisotopic (exact) mass is 477 g/mol. The molecule has 0 atom stereocenters. The second-order valence-corrected chi connectivity index (χ2v) is 9.22. The average Bonchev–Trinajstić information content (AvgIpc) is 3.22. The number of unbranched alkanes of at least 4 members (excludes halogenated alkanes) is 2. The Morgan fingerprint density at radius 1 is 1.14 bits per heavy atom. The first kappa shape index (κ1) is 25.2. The summed E-state index contributed by atoms with van der Waals surface area (Å²) in [5.41, 5.74) is 9.93. The maximum absolute atomic E-state index is 13.3. The third-order valence-corrected chi connectivity index (χ3v) is 6.40. The van der Waals surface area contributed by atoms with E-state index in [0.29, 0.717) is 32.0 Å². The van der Waals surface area contributed by atoms with Crippen molar-refractivity contribution in [1.82, 2.24) is 19.4 Å². The van der Waals surface area contributed by atoms with E-state index in [9.17, 15) is 4.39 Å². The number of hydrogen-bond acceptors (Lipinski definition) is 5. The first-order valence-electron chi connectivity index (χ1n) is 12.8. The Labute approximate surface area is 207 Å². The van der Waals surface area contributed by atoms with Gasteiger partial charge in [-0.15, -0.1) is 0 Å². The van der Waals surface area contributed by atoms with Gasteiger partial charge in [0.2, 0.25) is 0 Å². The van der Waals surface area contributed by atoms with Gasteiger partial charge in [0, 0.05) is 32.1 Å². The SMILES string of the molecule is CCCCc1nc(N)c2c(n1)c(C#CCCCN1CCC(F)CC1)cn2COCc1ccccc1. The number of anilines is 1. The number of ether oxygens (including phenoxy) is 1. The molecule has 0 radical (unpaired) electrons. The van der Waals surface area contributed by atoms with E-state index in [2.05, 4.69) is 28.6 Å². The summed E-state index contributed by atoms with van der Waals surface area (Å²) in [6.07, 6.45) is 7.31. The normalized spacial score (nSPS) is 14.8. The van der Waals surface area contributed by atoms with E-state index < -0.39 is 6.17 Å². The summed E-state index contributed by atoms with van der Waals surface area (Å²) in [7, 11) is 0. The number of halogens is 1. The van der Waals surface area contributed by atoms with E-state index in [1.165, 1.54) is 0 Å². The van der Waals surface area contributed by atoms with Gasteiger partial charge in [-0.3, -0.25) is 0 Å². The second-order valence-electron chi connectivity index (χ2n) is 9.22. The molecule has 3 heterocycles. The third-order valence-electron chi connectivity index (χ3n) is 6.40. The van der Waals surface area contributed by atoms with Gasteiger partial charge in [-0.2, -0.15) is 0 Å². The van der Waals surface area contributed by atoms with Crippen molar-refractivity contribution in [3.05, 3.63) is 53.5 Å². The zero-order chi connectivity index (χ0) is 24.5. The molecular formula is C28H36FN5O. The number of nitrogens with zero attached hydrogens (tertiary/aromatic N) is 4. The van der Waals surface area contributed by atoms with Gasteiger partial charge in [0.25, 0.3) is 0 Å². The lowest BCUT2D eigenvalue weighted by atomic mass is 10.1. The highest BCUT2D eigenvalue weighted by molar-refractivity contribution is 5.90. The van der Waals surface area contributed by atoms with Crippen LogP contribution in [0, 0.1) is 11.8 Å². The topological polar surface area (TPSA) is 69.2 Å². The van der Waals surface area contributed by atoms with E-state index in [1.807, 2.05) is 41.1 Å². The first-order chi connectivity index (χ1) is 17.1. The van der Waals surface area contributed by atoms with Crippen LogP contribution >= 0.6 is 0 Å². The molecule has 0 saturated carbocycles. The predicted molar refractivity (Wildman–Crippen MR) is 138 cm³/mol. The molecule has 0 unspecified atom stereocenters. The van der Waals surface area contributed by atoms with E-state index in [4.69, 9.17) is 15.5 Å². The molecule has 0 aliphatic carbocycles. The van der Waals surface area contributed by atoms with Crippen LogP contribution in [0.5, 0.6) is 0 Å². The van der Waals surface area contributed by atoms with E-state index in [0.717, 1.165) is 79.7 Å². The zero-order valence-corrected chi connectivity index (χ0v) is 20.7. The van der Waals surface area contributed by atoms with Crippen LogP contribution in [-0.2, 0) is 24.5 Å². The Balaban J connectivity index is 1.46. The maximum Gasteiger partial charge on any atom is 0.151 e. The number of nitrogen functional groups attached to an aromatic ring is 1. The van der Waals surface area contributed by atoms with Gasteiger partial charge in [-0.25, -0.2) is 14.4 Å². The Hall–Kier alpha value is -2.95. The molecule has 4 rings (SSSR count). The molecule has 6 nitrogen and oxygen atoms in total. The van der Waals surface area contributed by atoms with Crippen molar-refractivity contribution in [2.75, 3.05) is 25.4 Å². The number of aryl methyl sites for hydroxylation is 1. The molecular weight excluding hydrogens is 441 g/mol. The highest BCUT2D eigenvalue weighted by Crippen LogP contribution is 2.24. The number of rotatable bonds is 10. The number of fused-ring (bicyclic) bond motifs is 1. The largest absolute Gasteiger partial charge is 0.382 e. The van der Waals surface area contributed by atoms with Crippen LogP contribution in [0.15, 0.2) is 36.5 Å². The van der Waals surface area contributed by atoms with Gasteiger partial charge in [0.05, 0.1) is 12.2 Å². The molecule has 1 aliphatic heterocycles. The Bertz CT molecular complexity index is 1140. The molecule has 1 fully saturated rings. The summed E-state index contributed by atoms with van der Waals surface area (Å²) in [5.74, 6) is 7.86. The van der Waals surface area contributed by atoms with Crippen molar-refractivity contribution in [1.29, 1.82) is 0 Å². The maximum atomic E-state index is 13.3. The van der Waals surface area contributed by atoms with E-state index >= 15 is 0 Å².